The highest BCUT2D eigenvalue weighted by molar-refractivity contribution is 6.35. The molecule has 0 aromatic carbocycles. The van der Waals surface area contributed by atoms with E-state index in [1.54, 1.807) is 12.4 Å². The summed E-state index contributed by atoms with van der Waals surface area (Å²) in [5.74, 6) is 0.709. The van der Waals surface area contributed by atoms with Crippen molar-refractivity contribution in [3.8, 4) is 0 Å². The first-order valence-corrected chi connectivity index (χ1v) is 7.26. The fourth-order valence-corrected chi connectivity index (χ4v) is 3.38. The van der Waals surface area contributed by atoms with Gasteiger partial charge in [0.15, 0.2) is 0 Å². The van der Waals surface area contributed by atoms with E-state index in [1.807, 2.05) is 0 Å². The average Bonchev–Trinajstić information content (AvgIpc) is 3.19. The Hall–Kier alpha value is 0.230. The number of hydrogen-bond acceptors (Lipinski definition) is 3. The number of hydrogen-bond donors (Lipinski definition) is 1. The van der Waals surface area contributed by atoms with Crippen LogP contribution in [0.1, 0.15) is 24.4 Å². The molecule has 1 aliphatic heterocycles. The first-order valence-electron chi connectivity index (χ1n) is 6.51. The molecule has 1 saturated carbocycles. The highest BCUT2D eigenvalue weighted by Crippen LogP contribution is 2.48. The Labute approximate surface area is 142 Å². The molecule has 3 nitrogen and oxygen atoms in total. The lowest BCUT2D eigenvalue weighted by Gasteiger charge is -2.36. The molecule has 1 saturated heterocycles. The van der Waals surface area contributed by atoms with Gasteiger partial charge in [-0.15, -0.1) is 24.8 Å². The van der Waals surface area contributed by atoms with Gasteiger partial charge in [0.05, 0.1) is 10.0 Å². The van der Waals surface area contributed by atoms with Crippen LogP contribution in [0, 0.1) is 5.92 Å². The van der Waals surface area contributed by atoms with E-state index in [-0.39, 0.29) is 24.8 Å². The van der Waals surface area contributed by atoms with E-state index in [0.717, 1.165) is 31.7 Å². The molecule has 1 N–H and O–H groups in total. The molecule has 1 aromatic heterocycles. The van der Waals surface area contributed by atoms with Gasteiger partial charge in [0, 0.05) is 50.2 Å². The summed E-state index contributed by atoms with van der Waals surface area (Å²) in [7, 11) is 0. The van der Waals surface area contributed by atoms with Gasteiger partial charge in [0.2, 0.25) is 0 Å². The average molecular weight is 359 g/mol. The largest absolute Gasteiger partial charge is 0.314 e. The Kier molecular flexibility index (Phi) is 7.33. The molecular weight excluding hydrogens is 340 g/mol. The molecule has 0 bridgehead atoms. The SMILES string of the molecule is Cl.Cl.Clc1cncc(Cl)c1[C@@H](C1CC1)N1CCNCC1. The van der Waals surface area contributed by atoms with Crippen LogP contribution in [0.2, 0.25) is 10.0 Å². The summed E-state index contributed by atoms with van der Waals surface area (Å²) in [4.78, 5) is 6.57. The predicted octanol–water partition coefficient (Wildman–Crippen LogP) is 3.59. The molecule has 3 rings (SSSR count). The minimum atomic E-state index is 0. The van der Waals surface area contributed by atoms with Crippen LogP contribution in [0.5, 0.6) is 0 Å². The van der Waals surface area contributed by atoms with Gasteiger partial charge in [0.25, 0.3) is 0 Å². The number of rotatable bonds is 3. The van der Waals surface area contributed by atoms with E-state index >= 15 is 0 Å². The lowest BCUT2D eigenvalue weighted by Crippen LogP contribution is -2.45. The van der Waals surface area contributed by atoms with Gasteiger partial charge in [0.1, 0.15) is 0 Å². The standard InChI is InChI=1S/C13H17Cl2N3.2ClH/c14-10-7-17-8-11(15)12(10)13(9-1-2-9)18-5-3-16-4-6-18;;/h7-9,13,16H,1-6H2;2*1H/t13-;;/m1../s1. The normalized spacial score (nSPS) is 20.7. The lowest BCUT2D eigenvalue weighted by molar-refractivity contribution is 0.156. The number of pyridine rings is 1. The lowest BCUT2D eigenvalue weighted by atomic mass is 10.0. The molecule has 2 fully saturated rings. The van der Waals surface area contributed by atoms with E-state index in [9.17, 15) is 0 Å². The minimum absolute atomic E-state index is 0. The fourth-order valence-electron chi connectivity index (χ4n) is 2.79. The number of aromatic nitrogens is 1. The van der Waals surface area contributed by atoms with Crippen molar-refractivity contribution in [3.05, 3.63) is 28.0 Å². The zero-order valence-corrected chi connectivity index (χ0v) is 14.2. The Bertz CT molecular complexity index is 413. The quantitative estimate of drug-likeness (QED) is 0.894. The van der Waals surface area contributed by atoms with Crippen LogP contribution < -0.4 is 5.32 Å². The van der Waals surface area contributed by atoms with Gasteiger partial charge in [-0.3, -0.25) is 9.88 Å². The van der Waals surface area contributed by atoms with E-state index in [1.165, 1.54) is 12.8 Å². The molecule has 20 heavy (non-hydrogen) atoms. The molecule has 7 heteroatoms. The smallest absolute Gasteiger partial charge is 0.0652 e. The summed E-state index contributed by atoms with van der Waals surface area (Å²) in [6, 6.07) is 0.370. The summed E-state index contributed by atoms with van der Waals surface area (Å²) in [6.07, 6.45) is 5.98. The molecule has 114 valence electrons. The van der Waals surface area contributed by atoms with E-state index in [2.05, 4.69) is 15.2 Å². The second kappa shape index (κ2) is 8.02. The van der Waals surface area contributed by atoms with Crippen LogP contribution in [0.4, 0.5) is 0 Å². The topological polar surface area (TPSA) is 28.2 Å². The first-order chi connectivity index (χ1) is 8.77. The highest BCUT2D eigenvalue weighted by Gasteiger charge is 2.38. The zero-order valence-electron chi connectivity index (χ0n) is 11.0. The van der Waals surface area contributed by atoms with Crippen molar-refractivity contribution in [2.45, 2.75) is 18.9 Å². The van der Waals surface area contributed by atoms with Crippen molar-refractivity contribution < 1.29 is 0 Å². The van der Waals surface area contributed by atoms with E-state index in [0.29, 0.717) is 22.0 Å². The van der Waals surface area contributed by atoms with Gasteiger partial charge >= 0.3 is 0 Å². The fraction of sp³-hybridized carbons (Fsp3) is 0.615. The summed E-state index contributed by atoms with van der Waals surface area (Å²) >= 11 is 12.7. The van der Waals surface area contributed by atoms with Crippen LogP contribution in [-0.2, 0) is 0 Å². The summed E-state index contributed by atoms with van der Waals surface area (Å²) < 4.78 is 0. The molecule has 0 radical (unpaired) electrons. The maximum atomic E-state index is 6.33. The second-order valence-corrected chi connectivity index (χ2v) is 5.90. The zero-order chi connectivity index (χ0) is 12.5. The third-order valence-electron chi connectivity index (χ3n) is 3.80. The molecule has 2 aliphatic rings. The van der Waals surface area contributed by atoms with Gasteiger partial charge in [-0.05, 0) is 18.8 Å². The Morgan fingerprint density at radius 3 is 2.15 bits per heavy atom. The second-order valence-electron chi connectivity index (χ2n) is 5.09. The van der Waals surface area contributed by atoms with E-state index < -0.39 is 0 Å². The van der Waals surface area contributed by atoms with Crippen LogP contribution >= 0.6 is 48.0 Å². The molecular formula is C13H19Cl4N3. The summed E-state index contributed by atoms with van der Waals surface area (Å²) in [5, 5.41) is 4.80. The van der Waals surface area contributed by atoms with E-state index in [4.69, 9.17) is 23.2 Å². The maximum absolute atomic E-state index is 6.33. The Balaban J connectivity index is 0.000001000. The van der Waals surface area contributed by atoms with Gasteiger partial charge in [-0.2, -0.15) is 0 Å². The minimum Gasteiger partial charge on any atom is -0.314 e. The van der Waals surface area contributed by atoms with Crippen molar-refractivity contribution >= 4 is 48.0 Å². The summed E-state index contributed by atoms with van der Waals surface area (Å²) in [6.45, 7) is 4.22. The predicted molar refractivity (Wildman–Crippen MR) is 88.7 cm³/mol. The third-order valence-corrected chi connectivity index (χ3v) is 4.40. The molecule has 0 amide bonds. The molecule has 1 aromatic rings. The van der Waals surface area contributed by atoms with Crippen molar-refractivity contribution in [2.24, 2.45) is 5.92 Å². The molecule has 0 unspecified atom stereocenters. The Morgan fingerprint density at radius 1 is 1.10 bits per heavy atom. The third kappa shape index (κ3) is 3.90. The van der Waals surface area contributed by atoms with Crippen molar-refractivity contribution in [2.75, 3.05) is 26.2 Å². The van der Waals surface area contributed by atoms with Crippen LogP contribution in [0.25, 0.3) is 0 Å². The van der Waals surface area contributed by atoms with Crippen molar-refractivity contribution in [1.82, 2.24) is 15.2 Å². The maximum Gasteiger partial charge on any atom is 0.0652 e. The molecule has 1 atom stereocenters. The van der Waals surface area contributed by atoms with Crippen LogP contribution in [0.15, 0.2) is 12.4 Å². The van der Waals surface area contributed by atoms with Gasteiger partial charge in [-0.25, -0.2) is 0 Å². The van der Waals surface area contributed by atoms with Crippen LogP contribution in [0.3, 0.4) is 0 Å². The van der Waals surface area contributed by atoms with Crippen LogP contribution in [-0.4, -0.2) is 36.1 Å². The van der Waals surface area contributed by atoms with Gasteiger partial charge < -0.3 is 5.32 Å². The number of nitrogens with one attached hydrogen (secondary N) is 1. The number of piperazine rings is 1. The highest BCUT2D eigenvalue weighted by atomic mass is 35.5. The van der Waals surface area contributed by atoms with Gasteiger partial charge in [-0.1, -0.05) is 23.2 Å². The first kappa shape index (κ1) is 18.3. The monoisotopic (exact) mass is 357 g/mol. The molecule has 0 spiro atoms. The number of halogens is 4. The molecule has 2 heterocycles. The van der Waals surface area contributed by atoms with Crippen molar-refractivity contribution in [3.63, 3.8) is 0 Å². The number of nitrogens with zero attached hydrogens (tertiary/aromatic N) is 2. The Morgan fingerprint density at radius 2 is 1.65 bits per heavy atom. The summed E-state index contributed by atoms with van der Waals surface area (Å²) in [5.41, 5.74) is 1.08. The van der Waals surface area contributed by atoms with Crippen molar-refractivity contribution in [1.29, 1.82) is 0 Å². The molecule has 1 aliphatic carbocycles.